The molecule has 116 valence electrons. The van der Waals surface area contributed by atoms with E-state index in [4.69, 9.17) is 5.73 Å². The lowest BCUT2D eigenvalue weighted by atomic mass is 10.1. The lowest BCUT2D eigenvalue weighted by Crippen LogP contribution is -2.43. The Labute approximate surface area is 134 Å². The van der Waals surface area contributed by atoms with E-state index < -0.39 is 0 Å². The summed E-state index contributed by atoms with van der Waals surface area (Å²) in [6.07, 6.45) is 0.853. The molecule has 0 saturated heterocycles. The molecule has 1 aromatic carbocycles. The Bertz CT molecular complexity index is 494. The molecule has 3 N–H and O–H groups in total. The first kappa shape index (κ1) is 17.7. The van der Waals surface area contributed by atoms with E-state index in [0.717, 1.165) is 16.5 Å². The van der Waals surface area contributed by atoms with Gasteiger partial charge in [0.05, 0.1) is 19.1 Å². The first-order valence-corrected chi connectivity index (χ1v) is 7.81. The van der Waals surface area contributed by atoms with Crippen LogP contribution >= 0.6 is 15.9 Å². The van der Waals surface area contributed by atoms with Crippen molar-refractivity contribution < 1.29 is 9.59 Å². The van der Waals surface area contributed by atoms with Crippen LogP contribution < -0.4 is 11.1 Å². The van der Waals surface area contributed by atoms with Gasteiger partial charge in [0.25, 0.3) is 0 Å². The molecule has 0 heterocycles. The molecule has 0 aliphatic carbocycles. The van der Waals surface area contributed by atoms with Crippen molar-refractivity contribution in [3.05, 3.63) is 34.3 Å². The Balaban J connectivity index is 2.83. The van der Waals surface area contributed by atoms with Crippen molar-refractivity contribution in [1.82, 2.24) is 10.2 Å². The normalized spacial score (nSPS) is 11.8. The van der Waals surface area contributed by atoms with Crippen LogP contribution in [0.4, 0.5) is 0 Å². The number of hydrogen-bond acceptors (Lipinski definition) is 3. The number of hydrogen-bond donors (Lipinski definition) is 2. The second-order valence-electron chi connectivity index (χ2n) is 4.77. The molecule has 1 atom stereocenters. The van der Waals surface area contributed by atoms with E-state index in [2.05, 4.69) is 21.2 Å². The van der Waals surface area contributed by atoms with Crippen LogP contribution in [0.3, 0.4) is 0 Å². The number of carbonyl (C=O) groups excluding carboxylic acids is 2. The summed E-state index contributed by atoms with van der Waals surface area (Å²) in [7, 11) is 0. The summed E-state index contributed by atoms with van der Waals surface area (Å²) < 4.78 is 0.970. The van der Waals surface area contributed by atoms with Crippen LogP contribution in [0.5, 0.6) is 0 Å². The number of carbonyl (C=O) groups is 2. The van der Waals surface area contributed by atoms with Crippen molar-refractivity contribution in [2.24, 2.45) is 5.73 Å². The molecule has 21 heavy (non-hydrogen) atoms. The van der Waals surface area contributed by atoms with Gasteiger partial charge in [0.15, 0.2) is 0 Å². The van der Waals surface area contributed by atoms with Crippen molar-refractivity contribution in [3.63, 3.8) is 0 Å². The smallest absolute Gasteiger partial charge is 0.242 e. The monoisotopic (exact) mass is 355 g/mol. The van der Waals surface area contributed by atoms with Gasteiger partial charge in [-0.25, -0.2) is 0 Å². The van der Waals surface area contributed by atoms with E-state index in [1.807, 2.05) is 38.1 Å². The third kappa shape index (κ3) is 5.13. The molecule has 2 amide bonds. The second-order valence-corrected chi connectivity index (χ2v) is 5.62. The number of benzene rings is 1. The van der Waals surface area contributed by atoms with Crippen molar-refractivity contribution >= 4 is 27.7 Å². The minimum absolute atomic E-state index is 0.0230. The van der Waals surface area contributed by atoms with Crippen LogP contribution in [0.1, 0.15) is 31.9 Å². The topological polar surface area (TPSA) is 75.4 Å². The third-order valence-corrected chi connectivity index (χ3v) is 3.95. The Morgan fingerprint density at radius 1 is 1.38 bits per heavy atom. The van der Waals surface area contributed by atoms with Gasteiger partial charge in [-0.1, -0.05) is 41.1 Å². The molecule has 0 radical (unpaired) electrons. The van der Waals surface area contributed by atoms with Gasteiger partial charge in [0.2, 0.25) is 11.8 Å². The first-order chi connectivity index (χ1) is 10.0. The highest BCUT2D eigenvalue weighted by molar-refractivity contribution is 9.10. The predicted molar refractivity (Wildman–Crippen MR) is 86.6 cm³/mol. The van der Waals surface area contributed by atoms with Gasteiger partial charge in [-0.15, -0.1) is 0 Å². The molecule has 1 rings (SSSR count). The van der Waals surface area contributed by atoms with Crippen LogP contribution in [0.15, 0.2) is 28.7 Å². The lowest BCUT2D eigenvalue weighted by Gasteiger charge is -2.30. The molecule has 1 unspecified atom stereocenters. The van der Waals surface area contributed by atoms with Crippen LogP contribution in [0, 0.1) is 0 Å². The van der Waals surface area contributed by atoms with Gasteiger partial charge >= 0.3 is 0 Å². The average Bonchev–Trinajstić information content (AvgIpc) is 2.49. The fourth-order valence-corrected chi connectivity index (χ4v) is 2.72. The van der Waals surface area contributed by atoms with Crippen LogP contribution in [0.2, 0.25) is 0 Å². The third-order valence-electron chi connectivity index (χ3n) is 3.23. The van der Waals surface area contributed by atoms with Gasteiger partial charge in [-0.05, 0) is 25.0 Å². The van der Waals surface area contributed by atoms with Gasteiger partial charge in [-0.2, -0.15) is 0 Å². The van der Waals surface area contributed by atoms with Crippen LogP contribution in [-0.2, 0) is 9.59 Å². The average molecular weight is 356 g/mol. The molecular formula is C15H22BrN3O2. The highest BCUT2D eigenvalue weighted by Crippen LogP contribution is 2.27. The fraction of sp³-hybridized carbons (Fsp3) is 0.467. The maximum Gasteiger partial charge on any atom is 0.242 e. The van der Waals surface area contributed by atoms with Gasteiger partial charge in [0.1, 0.15) is 0 Å². The quantitative estimate of drug-likeness (QED) is 0.783. The highest BCUT2D eigenvalue weighted by Gasteiger charge is 2.22. The number of nitrogens with zero attached hydrogens (tertiary/aromatic N) is 1. The first-order valence-electron chi connectivity index (χ1n) is 7.01. The Morgan fingerprint density at radius 2 is 2.05 bits per heavy atom. The standard InChI is InChI=1S/C15H22BrN3O2/c1-3-8-19(15(21)10-18-14(20)9-17)11(2)12-6-4-5-7-13(12)16/h4-7,11H,3,8-10,17H2,1-2H3,(H,18,20). The number of rotatable bonds is 7. The Morgan fingerprint density at radius 3 is 2.62 bits per heavy atom. The van der Waals surface area contributed by atoms with E-state index in [0.29, 0.717) is 6.54 Å². The number of halogens is 1. The molecule has 0 fully saturated rings. The number of nitrogens with one attached hydrogen (secondary N) is 1. The van der Waals surface area contributed by atoms with Gasteiger partial charge < -0.3 is 16.0 Å². The van der Waals surface area contributed by atoms with Crippen molar-refractivity contribution in [1.29, 1.82) is 0 Å². The molecule has 0 spiro atoms. The minimum Gasteiger partial charge on any atom is -0.346 e. The van der Waals surface area contributed by atoms with Gasteiger partial charge in [0, 0.05) is 11.0 Å². The maximum atomic E-state index is 12.3. The highest BCUT2D eigenvalue weighted by atomic mass is 79.9. The molecule has 0 aliphatic rings. The van der Waals surface area contributed by atoms with Gasteiger partial charge in [-0.3, -0.25) is 9.59 Å². The lowest BCUT2D eigenvalue weighted by molar-refractivity contribution is -0.134. The van der Waals surface area contributed by atoms with Crippen molar-refractivity contribution in [2.45, 2.75) is 26.3 Å². The number of nitrogens with two attached hydrogens (primary N) is 1. The molecule has 0 aromatic heterocycles. The zero-order valence-electron chi connectivity index (χ0n) is 12.4. The van der Waals surface area contributed by atoms with E-state index in [-0.39, 0.29) is 30.9 Å². The van der Waals surface area contributed by atoms with E-state index in [1.165, 1.54) is 0 Å². The molecule has 6 heteroatoms. The molecule has 1 aromatic rings. The number of amides is 2. The Kier molecular flexibility index (Phi) is 7.39. The summed E-state index contributed by atoms with van der Waals surface area (Å²) in [5.41, 5.74) is 6.27. The Hall–Kier alpha value is -1.40. The second kappa shape index (κ2) is 8.79. The summed E-state index contributed by atoms with van der Waals surface area (Å²) in [5.74, 6) is -0.435. The molecule has 0 bridgehead atoms. The molecule has 5 nitrogen and oxygen atoms in total. The van der Waals surface area contributed by atoms with E-state index in [1.54, 1.807) is 4.90 Å². The summed E-state index contributed by atoms with van der Waals surface area (Å²) in [6.45, 7) is 4.51. The molecule has 0 aliphatic heterocycles. The van der Waals surface area contributed by atoms with Crippen LogP contribution in [0.25, 0.3) is 0 Å². The van der Waals surface area contributed by atoms with E-state index >= 15 is 0 Å². The fourth-order valence-electron chi connectivity index (χ4n) is 2.10. The zero-order chi connectivity index (χ0) is 15.8. The van der Waals surface area contributed by atoms with E-state index in [9.17, 15) is 9.59 Å². The van der Waals surface area contributed by atoms with Crippen LogP contribution in [-0.4, -0.2) is 36.3 Å². The minimum atomic E-state index is -0.326. The molecule has 0 saturated carbocycles. The van der Waals surface area contributed by atoms with Crippen molar-refractivity contribution in [2.75, 3.05) is 19.6 Å². The summed E-state index contributed by atoms with van der Waals surface area (Å²) in [6, 6.07) is 7.76. The summed E-state index contributed by atoms with van der Waals surface area (Å²) >= 11 is 3.51. The van der Waals surface area contributed by atoms with Crippen molar-refractivity contribution in [3.8, 4) is 0 Å². The largest absolute Gasteiger partial charge is 0.346 e. The molecular weight excluding hydrogens is 334 g/mol. The SMILES string of the molecule is CCCN(C(=O)CNC(=O)CN)C(C)c1ccccc1Br. The maximum absolute atomic E-state index is 12.3. The predicted octanol–water partition coefficient (Wildman–Crippen LogP) is 1.82. The zero-order valence-corrected chi connectivity index (χ0v) is 14.0. The summed E-state index contributed by atoms with van der Waals surface area (Å²) in [5, 5.41) is 2.53. The summed E-state index contributed by atoms with van der Waals surface area (Å²) in [4.78, 5) is 25.3.